The molecule has 0 saturated carbocycles. The molecule has 0 heterocycles. The summed E-state index contributed by atoms with van der Waals surface area (Å²) in [4.78, 5) is 23.3. The average molecular weight is 250 g/mol. The molecule has 18 heavy (non-hydrogen) atoms. The topological polar surface area (TPSA) is 52.6 Å². The number of methoxy groups -OCH3 is 1. The number of esters is 1. The average Bonchev–Trinajstić information content (AvgIpc) is 2.34. The van der Waals surface area contributed by atoms with Crippen molar-refractivity contribution in [3.05, 3.63) is 29.8 Å². The fourth-order valence-corrected chi connectivity index (χ4v) is 1.21. The third-order valence-electron chi connectivity index (χ3n) is 2.36. The van der Waals surface area contributed by atoms with Gasteiger partial charge in [-0.15, -0.1) is 0 Å². The maximum absolute atomic E-state index is 11.8. The minimum absolute atomic E-state index is 0.227. The van der Waals surface area contributed by atoms with Crippen LogP contribution < -0.4 is 4.74 Å². The van der Waals surface area contributed by atoms with Crippen LogP contribution in [0.15, 0.2) is 24.3 Å². The van der Waals surface area contributed by atoms with Gasteiger partial charge in [-0.1, -0.05) is 0 Å². The van der Waals surface area contributed by atoms with Crippen LogP contribution in [0.2, 0.25) is 0 Å². The molecule has 0 saturated heterocycles. The summed E-state index contributed by atoms with van der Waals surface area (Å²) in [6, 6.07) is 6.68. The Labute approximate surface area is 107 Å². The van der Waals surface area contributed by atoms with Crippen LogP contribution in [0.4, 0.5) is 0 Å². The highest BCUT2D eigenvalue weighted by atomic mass is 16.5. The van der Waals surface area contributed by atoms with Crippen molar-refractivity contribution in [3.63, 3.8) is 0 Å². The number of benzene rings is 1. The van der Waals surface area contributed by atoms with E-state index >= 15 is 0 Å². The lowest BCUT2D eigenvalue weighted by Crippen LogP contribution is -2.25. The SMILES string of the molecule is COc1ccc(C(=O)COC(=O)C(C)(C)C)cc1. The van der Waals surface area contributed by atoms with Crippen molar-refractivity contribution in [1.82, 2.24) is 0 Å². The molecule has 1 rings (SSSR count). The van der Waals surface area contributed by atoms with Gasteiger partial charge in [-0.3, -0.25) is 9.59 Å². The molecule has 0 bridgehead atoms. The Hall–Kier alpha value is -1.84. The molecule has 4 heteroatoms. The smallest absolute Gasteiger partial charge is 0.311 e. The molecule has 0 amide bonds. The molecule has 0 atom stereocenters. The first-order chi connectivity index (χ1) is 8.34. The first-order valence-electron chi connectivity index (χ1n) is 5.69. The third-order valence-corrected chi connectivity index (χ3v) is 2.36. The molecule has 1 aromatic rings. The van der Waals surface area contributed by atoms with Gasteiger partial charge in [-0.2, -0.15) is 0 Å². The third kappa shape index (κ3) is 3.87. The second kappa shape index (κ2) is 5.67. The predicted molar refractivity (Wildman–Crippen MR) is 67.7 cm³/mol. The maximum Gasteiger partial charge on any atom is 0.311 e. The Morgan fingerprint density at radius 3 is 2.11 bits per heavy atom. The summed E-state index contributed by atoms with van der Waals surface area (Å²) in [7, 11) is 1.56. The Balaban J connectivity index is 2.58. The zero-order valence-electron chi connectivity index (χ0n) is 11.1. The Morgan fingerprint density at radius 2 is 1.67 bits per heavy atom. The standard InChI is InChI=1S/C14H18O4/c1-14(2,3)13(16)18-9-12(15)10-5-7-11(17-4)8-6-10/h5-8H,9H2,1-4H3. The summed E-state index contributed by atoms with van der Waals surface area (Å²) in [5, 5.41) is 0. The molecule has 0 N–H and O–H groups in total. The molecular weight excluding hydrogens is 232 g/mol. The van der Waals surface area contributed by atoms with E-state index in [4.69, 9.17) is 9.47 Å². The first-order valence-corrected chi connectivity index (χ1v) is 5.69. The van der Waals surface area contributed by atoms with E-state index in [9.17, 15) is 9.59 Å². The zero-order valence-corrected chi connectivity index (χ0v) is 11.1. The lowest BCUT2D eigenvalue weighted by molar-refractivity contribution is -0.151. The van der Waals surface area contributed by atoms with Crippen LogP contribution in [0.25, 0.3) is 0 Å². The summed E-state index contributed by atoms with van der Waals surface area (Å²) in [5.41, 5.74) is -0.0993. The van der Waals surface area contributed by atoms with Crippen molar-refractivity contribution >= 4 is 11.8 Å². The van der Waals surface area contributed by atoms with E-state index in [0.29, 0.717) is 11.3 Å². The van der Waals surface area contributed by atoms with E-state index in [1.54, 1.807) is 52.1 Å². The second-order valence-corrected chi connectivity index (χ2v) is 4.98. The summed E-state index contributed by atoms with van der Waals surface area (Å²) in [6.07, 6.45) is 0. The maximum atomic E-state index is 11.8. The van der Waals surface area contributed by atoms with E-state index in [0.717, 1.165) is 0 Å². The largest absolute Gasteiger partial charge is 0.497 e. The van der Waals surface area contributed by atoms with E-state index in [-0.39, 0.29) is 18.4 Å². The van der Waals surface area contributed by atoms with Crippen molar-refractivity contribution in [1.29, 1.82) is 0 Å². The molecule has 0 aliphatic heterocycles. The zero-order chi connectivity index (χ0) is 13.8. The van der Waals surface area contributed by atoms with Gasteiger partial charge in [0.1, 0.15) is 5.75 Å². The molecule has 0 aromatic heterocycles. The molecular formula is C14H18O4. The van der Waals surface area contributed by atoms with Crippen molar-refractivity contribution < 1.29 is 19.1 Å². The monoisotopic (exact) mass is 250 g/mol. The highest BCUT2D eigenvalue weighted by molar-refractivity contribution is 5.98. The van der Waals surface area contributed by atoms with Gasteiger partial charge < -0.3 is 9.47 Å². The van der Waals surface area contributed by atoms with Gasteiger partial charge in [-0.25, -0.2) is 0 Å². The minimum Gasteiger partial charge on any atom is -0.497 e. The fraction of sp³-hybridized carbons (Fsp3) is 0.429. The number of ether oxygens (including phenoxy) is 2. The van der Waals surface area contributed by atoms with Crippen molar-refractivity contribution in [2.75, 3.05) is 13.7 Å². The quantitative estimate of drug-likeness (QED) is 0.608. The van der Waals surface area contributed by atoms with E-state index in [1.807, 2.05) is 0 Å². The van der Waals surface area contributed by atoms with Crippen LogP contribution in [-0.2, 0) is 9.53 Å². The van der Waals surface area contributed by atoms with Crippen molar-refractivity contribution in [2.24, 2.45) is 5.41 Å². The first kappa shape index (κ1) is 14.2. The number of carbonyl (C=O) groups excluding carboxylic acids is 2. The van der Waals surface area contributed by atoms with E-state index in [1.165, 1.54) is 0 Å². The molecule has 4 nitrogen and oxygen atoms in total. The van der Waals surface area contributed by atoms with Crippen molar-refractivity contribution in [2.45, 2.75) is 20.8 Å². The summed E-state index contributed by atoms with van der Waals surface area (Å²) in [5.74, 6) is 0.0675. The highest BCUT2D eigenvalue weighted by Gasteiger charge is 2.23. The summed E-state index contributed by atoms with van der Waals surface area (Å²) in [6.45, 7) is 5.00. The Kier molecular flexibility index (Phi) is 4.48. The van der Waals surface area contributed by atoms with Gasteiger partial charge in [0, 0.05) is 5.56 Å². The lowest BCUT2D eigenvalue weighted by Gasteiger charge is -2.16. The number of rotatable bonds is 4. The van der Waals surface area contributed by atoms with Gasteiger partial charge in [0.2, 0.25) is 0 Å². The molecule has 0 aliphatic carbocycles. The predicted octanol–water partition coefficient (Wildman–Crippen LogP) is 2.47. The van der Waals surface area contributed by atoms with Crippen LogP contribution in [0.5, 0.6) is 5.75 Å². The molecule has 0 aliphatic rings. The van der Waals surface area contributed by atoms with Crippen molar-refractivity contribution in [3.8, 4) is 5.75 Å². The fourth-order valence-electron chi connectivity index (χ4n) is 1.21. The number of hydrogen-bond donors (Lipinski definition) is 0. The molecule has 1 aromatic carbocycles. The number of hydrogen-bond acceptors (Lipinski definition) is 4. The number of carbonyl (C=O) groups is 2. The van der Waals surface area contributed by atoms with Crippen LogP contribution in [0.3, 0.4) is 0 Å². The summed E-state index contributed by atoms with van der Waals surface area (Å²) < 4.78 is 9.95. The number of ketones is 1. The van der Waals surface area contributed by atoms with Crippen LogP contribution in [-0.4, -0.2) is 25.5 Å². The van der Waals surface area contributed by atoms with E-state index in [2.05, 4.69) is 0 Å². The van der Waals surface area contributed by atoms with Gasteiger partial charge in [0.15, 0.2) is 12.4 Å². The number of Topliss-reactive ketones (excluding diaryl/α,β-unsaturated/α-hetero) is 1. The van der Waals surface area contributed by atoms with Gasteiger partial charge in [-0.05, 0) is 45.0 Å². The second-order valence-electron chi connectivity index (χ2n) is 4.98. The molecule has 0 unspecified atom stereocenters. The van der Waals surface area contributed by atoms with E-state index < -0.39 is 5.41 Å². The molecule has 0 fully saturated rings. The molecule has 0 radical (unpaired) electrons. The van der Waals surface area contributed by atoms with Crippen LogP contribution >= 0.6 is 0 Å². The molecule has 0 spiro atoms. The normalized spacial score (nSPS) is 10.9. The van der Waals surface area contributed by atoms with Crippen LogP contribution in [0.1, 0.15) is 31.1 Å². The van der Waals surface area contributed by atoms with Gasteiger partial charge in [0.25, 0.3) is 0 Å². The summed E-state index contributed by atoms with van der Waals surface area (Å²) >= 11 is 0. The molecule has 98 valence electrons. The van der Waals surface area contributed by atoms with Gasteiger partial charge in [0.05, 0.1) is 12.5 Å². The minimum atomic E-state index is -0.597. The lowest BCUT2D eigenvalue weighted by atomic mass is 9.97. The highest BCUT2D eigenvalue weighted by Crippen LogP contribution is 2.16. The van der Waals surface area contributed by atoms with Crippen LogP contribution in [0, 0.1) is 5.41 Å². The van der Waals surface area contributed by atoms with Gasteiger partial charge >= 0.3 is 5.97 Å². The Morgan fingerprint density at radius 1 is 1.11 bits per heavy atom. The Bertz CT molecular complexity index is 426.